The number of carbonyl (C=O) groups excluding carboxylic acids is 5. The maximum absolute atomic E-state index is 15.0. The van der Waals surface area contributed by atoms with Crippen LogP contribution in [0.25, 0.3) is 0 Å². The van der Waals surface area contributed by atoms with Gasteiger partial charge in [-0.1, -0.05) is 80.0 Å². The number of piperidine rings is 1. The summed E-state index contributed by atoms with van der Waals surface area (Å²) in [6.07, 6.45) is 5.66. The van der Waals surface area contributed by atoms with Gasteiger partial charge in [-0.25, -0.2) is 4.79 Å². The molecule has 0 aromatic heterocycles. The molecular formula is C55H95NO13Si2. The number of rotatable bonds is 11. The number of cyclic esters (lactones) is 1. The van der Waals surface area contributed by atoms with Crippen LogP contribution < -0.4 is 0 Å². The molecule has 0 unspecified atom stereocenters. The van der Waals surface area contributed by atoms with Gasteiger partial charge in [0, 0.05) is 58.5 Å². The molecule has 0 spiro atoms. The van der Waals surface area contributed by atoms with Crippen molar-refractivity contribution in [1.29, 1.82) is 0 Å². The first kappa shape index (κ1) is 61.1. The average molecular weight is 1030 g/mol. The zero-order chi connectivity index (χ0) is 53.6. The Balaban J connectivity index is 1.89. The van der Waals surface area contributed by atoms with Crippen molar-refractivity contribution < 1.29 is 61.6 Å². The predicted molar refractivity (Wildman–Crippen MR) is 281 cm³/mol. The van der Waals surface area contributed by atoms with Gasteiger partial charge in [0.2, 0.25) is 5.79 Å². The fraction of sp³-hybridized carbons (Fsp3) is 0.836. The third kappa shape index (κ3) is 14.9. The van der Waals surface area contributed by atoms with Crippen LogP contribution in [-0.2, 0) is 56.5 Å². The third-order valence-electron chi connectivity index (χ3n) is 17.3. The first-order chi connectivity index (χ1) is 32.9. The summed E-state index contributed by atoms with van der Waals surface area (Å²) in [4.78, 5) is 72.6. The number of ketones is 2. The highest BCUT2D eigenvalue weighted by atomic mass is 28.4. The fourth-order valence-electron chi connectivity index (χ4n) is 10.7. The molecule has 1 N–H and O–H groups in total. The standard InChI is InChI=1S/C55H95NO13Si2/c1-34-27-35(2)29-46(64-13)49-47(65-14)31-37(4)55(62,67-49)50(59)51(60)56-25-20-19-21-41(56)52(61)66-48(36(3)30-39-22-23-43(45(32-39)63-12)68-70(15,16)53(6,7)8)38(5)44(69-71(17,18)54(9,10)11)33-42(58)40(28-34)24-26-57/h26,28,30,35,37-41,43-49,62H,19-25,27,29,31-33H2,1-18H3/b34-28-,36-30+/t35-,37+,38+,39-,40+,41-,43+,44-,45+,46-,47-,48+,49+,55+/m0/s1. The Hall–Kier alpha value is -2.42. The van der Waals surface area contributed by atoms with E-state index < -0.39 is 94.4 Å². The monoisotopic (exact) mass is 1030 g/mol. The van der Waals surface area contributed by atoms with E-state index in [4.69, 9.17) is 32.5 Å². The summed E-state index contributed by atoms with van der Waals surface area (Å²) >= 11 is 0. The summed E-state index contributed by atoms with van der Waals surface area (Å²) in [6.45, 7) is 31.5. The number of hydrogen-bond donors (Lipinski definition) is 1. The van der Waals surface area contributed by atoms with E-state index in [1.165, 1.54) is 19.1 Å². The molecule has 1 amide bonds. The van der Waals surface area contributed by atoms with Crippen LogP contribution in [0, 0.1) is 29.6 Å². The molecule has 1 aliphatic carbocycles. The van der Waals surface area contributed by atoms with Crippen molar-refractivity contribution in [2.24, 2.45) is 29.6 Å². The van der Waals surface area contributed by atoms with Crippen molar-refractivity contribution in [3.8, 4) is 0 Å². The Kier molecular flexibility index (Phi) is 21.5. The molecule has 0 aromatic carbocycles. The number of esters is 1. The lowest BCUT2D eigenvalue weighted by Gasteiger charge is -2.47. The molecule has 4 aliphatic rings. The Morgan fingerprint density at radius 3 is 1.94 bits per heavy atom. The number of nitrogens with zero attached hydrogens (tertiary/aromatic N) is 1. The van der Waals surface area contributed by atoms with Crippen molar-refractivity contribution in [2.45, 2.75) is 238 Å². The quantitative estimate of drug-likeness (QED) is 0.0682. The summed E-state index contributed by atoms with van der Waals surface area (Å²) in [5, 5.41) is 12.1. The number of allylic oxidation sites excluding steroid dienone is 3. The van der Waals surface area contributed by atoms with E-state index in [9.17, 15) is 24.3 Å². The summed E-state index contributed by atoms with van der Waals surface area (Å²) in [5.74, 6) is -7.67. The smallest absolute Gasteiger partial charge is 0.329 e. The summed E-state index contributed by atoms with van der Waals surface area (Å²) < 4.78 is 45.2. The highest BCUT2D eigenvalue weighted by molar-refractivity contribution is 6.74. The molecule has 14 atom stereocenters. The van der Waals surface area contributed by atoms with Gasteiger partial charge in [-0.3, -0.25) is 14.4 Å². The van der Waals surface area contributed by atoms with E-state index >= 15 is 4.79 Å². The van der Waals surface area contributed by atoms with Crippen molar-refractivity contribution in [3.05, 3.63) is 23.3 Å². The number of fused-ring (bicyclic) bond motifs is 3. The fourth-order valence-corrected chi connectivity index (χ4v) is 13.5. The molecular weight excluding hydrogens is 939 g/mol. The number of Topliss-reactive ketones (excluding diaryl/α,β-unsaturated/α-hetero) is 2. The molecule has 2 bridgehead atoms. The van der Waals surface area contributed by atoms with E-state index in [2.05, 4.69) is 73.8 Å². The first-order valence-electron chi connectivity index (χ1n) is 26.6. The SMILES string of the molecule is CO[C@H]1C[C@@H](C)C/C(C)=C\[C@@H](CC=O)C(=O)C[C@H](O[Si](C)(C)C(C)(C)C)[C@@H](C)[C@@H](/C(C)=C/[C@@H]2CC[C@@H](O[Si](C)(C)C(C)(C)C)[C@H](OC)C2)OC(=O)[C@@H]2CCCCN2C(=O)C(=O)[C@]2(O)O[C@H]1[C@@H](OC)C[C@H]2C. The van der Waals surface area contributed by atoms with E-state index in [0.29, 0.717) is 32.1 Å². The number of aliphatic hydroxyl groups is 1. The van der Waals surface area contributed by atoms with Gasteiger partial charge in [-0.2, -0.15) is 0 Å². The molecule has 4 rings (SSSR count). The van der Waals surface area contributed by atoms with Gasteiger partial charge in [0.25, 0.3) is 11.7 Å². The van der Waals surface area contributed by atoms with Crippen LogP contribution in [0.4, 0.5) is 0 Å². The van der Waals surface area contributed by atoms with Crippen LogP contribution in [0.15, 0.2) is 23.3 Å². The molecule has 16 heteroatoms. The highest BCUT2D eigenvalue weighted by Gasteiger charge is 2.57. The zero-order valence-corrected chi connectivity index (χ0v) is 49.0. The average Bonchev–Trinajstić information content (AvgIpc) is 3.28. The van der Waals surface area contributed by atoms with Crippen LogP contribution in [0.5, 0.6) is 0 Å². The third-order valence-corrected chi connectivity index (χ3v) is 26.3. The topological polar surface area (TPSA) is 173 Å². The van der Waals surface area contributed by atoms with Gasteiger partial charge in [0.1, 0.15) is 30.3 Å². The normalized spacial score (nSPS) is 36.3. The Bertz CT molecular complexity index is 1910. The van der Waals surface area contributed by atoms with Gasteiger partial charge in [-0.05, 0) is 125 Å². The van der Waals surface area contributed by atoms with Gasteiger partial charge in [0.05, 0.1) is 30.5 Å². The molecule has 0 radical (unpaired) electrons. The van der Waals surface area contributed by atoms with Crippen molar-refractivity contribution in [2.75, 3.05) is 27.9 Å². The summed E-state index contributed by atoms with van der Waals surface area (Å²) in [6, 6.07) is -1.14. The number of amides is 1. The summed E-state index contributed by atoms with van der Waals surface area (Å²) in [5.41, 5.74) is 1.68. The van der Waals surface area contributed by atoms with E-state index in [1.807, 2.05) is 33.8 Å². The summed E-state index contributed by atoms with van der Waals surface area (Å²) in [7, 11) is 0.0804. The maximum atomic E-state index is 15.0. The minimum absolute atomic E-state index is 0.00591. The van der Waals surface area contributed by atoms with E-state index in [1.54, 1.807) is 14.0 Å². The Morgan fingerprint density at radius 2 is 1.38 bits per heavy atom. The van der Waals surface area contributed by atoms with Gasteiger partial charge >= 0.3 is 5.97 Å². The highest BCUT2D eigenvalue weighted by Crippen LogP contribution is 2.44. The van der Waals surface area contributed by atoms with Crippen LogP contribution >= 0.6 is 0 Å². The van der Waals surface area contributed by atoms with Crippen molar-refractivity contribution >= 4 is 46.4 Å². The largest absolute Gasteiger partial charge is 0.456 e. The second-order valence-electron chi connectivity index (χ2n) is 24.8. The molecule has 406 valence electrons. The van der Waals surface area contributed by atoms with Crippen molar-refractivity contribution in [1.82, 2.24) is 4.90 Å². The molecule has 3 heterocycles. The zero-order valence-electron chi connectivity index (χ0n) is 47.0. The number of aldehydes is 1. The number of hydrogen-bond acceptors (Lipinski definition) is 13. The van der Waals surface area contributed by atoms with Gasteiger partial charge in [-0.15, -0.1) is 0 Å². The molecule has 0 aromatic rings. The minimum Gasteiger partial charge on any atom is -0.456 e. The van der Waals surface area contributed by atoms with E-state index in [0.717, 1.165) is 30.3 Å². The molecule has 1 saturated carbocycles. The lowest BCUT2D eigenvalue weighted by atomic mass is 9.81. The molecule has 2 saturated heterocycles. The van der Waals surface area contributed by atoms with Crippen molar-refractivity contribution in [3.63, 3.8) is 0 Å². The first-order valence-corrected chi connectivity index (χ1v) is 32.4. The lowest BCUT2D eigenvalue weighted by molar-refractivity contribution is -0.302. The maximum Gasteiger partial charge on any atom is 0.329 e. The van der Waals surface area contributed by atoms with E-state index in [-0.39, 0.29) is 72.1 Å². The molecule has 71 heavy (non-hydrogen) atoms. The second kappa shape index (κ2) is 25.0. The second-order valence-corrected chi connectivity index (χ2v) is 34.4. The molecule has 14 nitrogen and oxygen atoms in total. The number of ether oxygens (including phenoxy) is 5. The minimum atomic E-state index is -2.61. The lowest BCUT2D eigenvalue weighted by Crippen LogP contribution is -2.64. The number of methoxy groups -OCH3 is 3. The molecule has 3 aliphatic heterocycles. The van der Waals surface area contributed by atoms with Crippen LogP contribution in [0.2, 0.25) is 36.3 Å². The van der Waals surface area contributed by atoms with Gasteiger partial charge in [0.15, 0.2) is 16.6 Å². The Labute approximate surface area is 429 Å². The van der Waals surface area contributed by atoms with Crippen LogP contribution in [0.1, 0.15) is 147 Å². The Morgan fingerprint density at radius 1 is 0.803 bits per heavy atom. The van der Waals surface area contributed by atoms with Gasteiger partial charge < -0.3 is 47.3 Å². The van der Waals surface area contributed by atoms with Crippen LogP contribution in [0.3, 0.4) is 0 Å². The predicted octanol–water partition coefficient (Wildman–Crippen LogP) is 9.71. The number of carbonyl (C=O) groups is 5. The molecule has 3 fully saturated rings. The van der Waals surface area contributed by atoms with Crippen LogP contribution in [-0.4, -0.2) is 139 Å².